The average Bonchev–Trinajstić information content (AvgIpc) is 2.31. The molecule has 1 aromatic rings. The van der Waals surface area contributed by atoms with E-state index in [2.05, 4.69) is 11.9 Å². The summed E-state index contributed by atoms with van der Waals surface area (Å²) in [7, 11) is 0. The number of alkyl halides is 2. The molecule has 0 aromatic heterocycles. The Balaban J connectivity index is 2.58. The third kappa shape index (κ3) is 4.85. The van der Waals surface area contributed by atoms with Crippen molar-refractivity contribution in [1.29, 1.82) is 0 Å². The number of amides is 1. The fourth-order valence-corrected chi connectivity index (χ4v) is 1.74. The highest BCUT2D eigenvalue weighted by atomic mass is 32.2. The van der Waals surface area contributed by atoms with Crippen LogP contribution in [0.4, 0.5) is 14.5 Å². The van der Waals surface area contributed by atoms with Crippen LogP contribution in [0, 0.1) is 0 Å². The minimum Gasteiger partial charge on any atom is -0.325 e. The number of anilines is 1. The Morgan fingerprint density at radius 2 is 2.06 bits per heavy atom. The monoisotopic (exact) mass is 272 g/mol. The van der Waals surface area contributed by atoms with Crippen molar-refractivity contribution in [2.75, 3.05) is 5.32 Å². The van der Waals surface area contributed by atoms with Crippen molar-refractivity contribution in [2.24, 2.45) is 5.73 Å². The molecule has 1 atom stereocenters. The van der Waals surface area contributed by atoms with E-state index in [9.17, 15) is 13.6 Å². The predicted molar refractivity (Wildman–Crippen MR) is 69.7 cm³/mol. The van der Waals surface area contributed by atoms with Crippen LogP contribution in [0.5, 0.6) is 0 Å². The number of halogens is 2. The highest BCUT2D eigenvalue weighted by Gasteiger charge is 2.11. The number of benzene rings is 1. The Morgan fingerprint density at radius 1 is 1.44 bits per heavy atom. The fraction of sp³-hybridized carbons (Fsp3) is 0.250. The first-order valence-electron chi connectivity index (χ1n) is 5.25. The summed E-state index contributed by atoms with van der Waals surface area (Å²) in [5.41, 5.74) is 6.11. The molecule has 0 aliphatic carbocycles. The summed E-state index contributed by atoms with van der Waals surface area (Å²) in [4.78, 5) is 12.0. The molecule has 0 spiro atoms. The van der Waals surface area contributed by atoms with E-state index >= 15 is 0 Å². The molecule has 3 N–H and O–H groups in total. The molecule has 0 heterocycles. The van der Waals surface area contributed by atoms with Gasteiger partial charge in [-0.1, -0.05) is 17.8 Å². The van der Waals surface area contributed by atoms with Crippen LogP contribution in [0.1, 0.15) is 6.42 Å². The molecule has 1 aromatic carbocycles. The van der Waals surface area contributed by atoms with Crippen LogP contribution >= 0.6 is 11.8 Å². The maximum Gasteiger partial charge on any atom is 0.288 e. The number of nitrogens with one attached hydrogen (secondary N) is 1. The summed E-state index contributed by atoms with van der Waals surface area (Å²) >= 11 is 0.456. The second-order valence-electron chi connectivity index (χ2n) is 3.52. The van der Waals surface area contributed by atoms with Gasteiger partial charge in [0, 0.05) is 10.6 Å². The summed E-state index contributed by atoms with van der Waals surface area (Å²) in [5.74, 6) is -2.78. The number of thioether (sulfide) groups is 1. The highest BCUT2D eigenvalue weighted by Crippen LogP contribution is 2.26. The van der Waals surface area contributed by atoms with Crippen molar-refractivity contribution in [2.45, 2.75) is 23.1 Å². The molecule has 0 radical (unpaired) electrons. The number of hydrogen-bond acceptors (Lipinski definition) is 3. The molecule has 0 saturated carbocycles. The topological polar surface area (TPSA) is 55.1 Å². The van der Waals surface area contributed by atoms with Gasteiger partial charge in [0.25, 0.3) is 5.76 Å². The lowest BCUT2D eigenvalue weighted by Gasteiger charge is -2.10. The molecular weight excluding hydrogens is 258 g/mol. The van der Waals surface area contributed by atoms with Crippen molar-refractivity contribution in [3.63, 3.8) is 0 Å². The molecule has 1 rings (SSSR count). The Hall–Kier alpha value is -1.40. The van der Waals surface area contributed by atoms with Gasteiger partial charge in [-0.15, -0.1) is 6.58 Å². The molecule has 98 valence electrons. The zero-order valence-electron chi connectivity index (χ0n) is 9.61. The largest absolute Gasteiger partial charge is 0.325 e. The van der Waals surface area contributed by atoms with E-state index in [1.165, 1.54) is 12.1 Å². The van der Waals surface area contributed by atoms with Gasteiger partial charge in [0.2, 0.25) is 5.91 Å². The molecule has 0 aliphatic rings. The van der Waals surface area contributed by atoms with Crippen LogP contribution in [0.15, 0.2) is 41.8 Å². The minimum atomic E-state index is -2.45. The first-order chi connectivity index (χ1) is 8.52. The Kier molecular flexibility index (Phi) is 5.80. The van der Waals surface area contributed by atoms with Crippen LogP contribution in [-0.2, 0) is 4.79 Å². The van der Waals surface area contributed by atoms with Crippen molar-refractivity contribution in [1.82, 2.24) is 0 Å². The lowest BCUT2D eigenvalue weighted by atomic mass is 10.2. The summed E-state index contributed by atoms with van der Waals surface area (Å²) in [5, 5.41) is 2.60. The van der Waals surface area contributed by atoms with Gasteiger partial charge in [-0.05, 0) is 30.7 Å². The summed E-state index contributed by atoms with van der Waals surface area (Å²) < 4.78 is 24.2. The first-order valence-corrected chi connectivity index (χ1v) is 6.13. The molecule has 18 heavy (non-hydrogen) atoms. The second-order valence-corrected chi connectivity index (χ2v) is 4.59. The van der Waals surface area contributed by atoms with Gasteiger partial charge in [0.05, 0.1) is 6.04 Å². The number of hydrogen-bond donors (Lipinski definition) is 2. The van der Waals surface area contributed by atoms with Gasteiger partial charge in [-0.2, -0.15) is 8.78 Å². The molecule has 0 bridgehead atoms. The number of rotatable bonds is 6. The predicted octanol–water partition coefficient (Wildman–Crippen LogP) is 2.84. The van der Waals surface area contributed by atoms with E-state index in [0.29, 0.717) is 28.8 Å². The van der Waals surface area contributed by atoms with Crippen molar-refractivity contribution < 1.29 is 13.6 Å². The molecule has 3 nitrogen and oxygen atoms in total. The minimum absolute atomic E-state index is 0.329. The Labute approximate surface area is 108 Å². The second kappa shape index (κ2) is 7.13. The number of nitrogens with two attached hydrogens (primary N) is 1. The van der Waals surface area contributed by atoms with Crippen LogP contribution in [0.25, 0.3) is 0 Å². The first kappa shape index (κ1) is 14.7. The van der Waals surface area contributed by atoms with E-state index < -0.39 is 11.8 Å². The molecule has 0 fully saturated rings. The van der Waals surface area contributed by atoms with Gasteiger partial charge in [-0.25, -0.2) is 0 Å². The molecule has 6 heteroatoms. The smallest absolute Gasteiger partial charge is 0.288 e. The molecule has 1 amide bonds. The number of carbonyl (C=O) groups is 1. The lowest BCUT2D eigenvalue weighted by Crippen LogP contribution is -2.35. The van der Waals surface area contributed by atoms with Gasteiger partial charge >= 0.3 is 0 Å². The molecule has 0 aliphatic heterocycles. The zero-order valence-corrected chi connectivity index (χ0v) is 10.4. The van der Waals surface area contributed by atoms with E-state index in [-0.39, 0.29) is 5.91 Å². The van der Waals surface area contributed by atoms with Crippen molar-refractivity contribution >= 4 is 23.4 Å². The maximum atomic E-state index is 12.1. The standard InChI is InChI=1S/C12H14F2N2OS/c1-2-3-10(15)11(17)16-8-4-6-9(7-5-8)18-12(13)14/h2,4-7,10,12H,1,3,15H2,(H,16,17). The van der Waals surface area contributed by atoms with Crippen LogP contribution in [0.3, 0.4) is 0 Å². The van der Waals surface area contributed by atoms with Crippen molar-refractivity contribution in [3.05, 3.63) is 36.9 Å². The Morgan fingerprint density at radius 3 is 2.56 bits per heavy atom. The number of carbonyl (C=O) groups excluding carboxylic acids is 1. The van der Waals surface area contributed by atoms with E-state index in [0.717, 1.165) is 0 Å². The summed E-state index contributed by atoms with van der Waals surface area (Å²) in [6, 6.07) is 5.50. The fourth-order valence-electron chi connectivity index (χ4n) is 1.24. The molecule has 0 saturated heterocycles. The van der Waals surface area contributed by atoms with E-state index in [4.69, 9.17) is 5.73 Å². The van der Waals surface area contributed by atoms with Crippen LogP contribution in [-0.4, -0.2) is 17.7 Å². The maximum absolute atomic E-state index is 12.1. The van der Waals surface area contributed by atoms with Gasteiger partial charge in [0.1, 0.15) is 0 Å². The zero-order chi connectivity index (χ0) is 13.5. The van der Waals surface area contributed by atoms with Crippen LogP contribution < -0.4 is 11.1 Å². The third-order valence-corrected chi connectivity index (χ3v) is 2.83. The quantitative estimate of drug-likeness (QED) is 0.618. The normalized spacial score (nSPS) is 12.2. The summed E-state index contributed by atoms with van der Waals surface area (Å²) in [6.45, 7) is 3.50. The van der Waals surface area contributed by atoms with Crippen molar-refractivity contribution in [3.8, 4) is 0 Å². The van der Waals surface area contributed by atoms with Gasteiger partial charge < -0.3 is 11.1 Å². The Bertz CT molecular complexity index is 409. The lowest BCUT2D eigenvalue weighted by molar-refractivity contribution is -0.117. The van der Waals surface area contributed by atoms with Crippen LogP contribution in [0.2, 0.25) is 0 Å². The SMILES string of the molecule is C=CCC(N)C(=O)Nc1ccc(SC(F)F)cc1. The molecule has 1 unspecified atom stereocenters. The highest BCUT2D eigenvalue weighted by molar-refractivity contribution is 7.99. The van der Waals surface area contributed by atoms with Gasteiger partial charge in [0.15, 0.2) is 0 Å². The summed E-state index contributed by atoms with van der Waals surface area (Å²) in [6.07, 6.45) is 1.94. The van der Waals surface area contributed by atoms with E-state index in [1.54, 1.807) is 18.2 Å². The van der Waals surface area contributed by atoms with E-state index in [1.807, 2.05) is 0 Å². The average molecular weight is 272 g/mol. The van der Waals surface area contributed by atoms with Gasteiger partial charge in [-0.3, -0.25) is 4.79 Å². The molecular formula is C12H14F2N2OS. The third-order valence-electron chi connectivity index (χ3n) is 2.10.